The third-order valence-corrected chi connectivity index (χ3v) is 6.39. The number of sulfone groups is 1. The van der Waals surface area contributed by atoms with Crippen molar-refractivity contribution < 1.29 is 17.9 Å². The molecular formula is C20H24N4O4S2. The number of nitrogens with zero attached hydrogens (tertiary/aromatic N) is 2. The molecule has 1 fully saturated rings. The van der Waals surface area contributed by atoms with Gasteiger partial charge in [0.25, 0.3) is 0 Å². The molecule has 0 radical (unpaired) electrons. The van der Waals surface area contributed by atoms with Crippen molar-refractivity contribution in [3.63, 3.8) is 0 Å². The highest BCUT2D eigenvalue weighted by Crippen LogP contribution is 2.20. The van der Waals surface area contributed by atoms with Gasteiger partial charge in [-0.2, -0.15) is 0 Å². The number of hydrogen-bond acceptors (Lipinski definition) is 7. The first-order chi connectivity index (χ1) is 14.3. The number of alkyl carbamates (subject to hydrolysis) is 1. The lowest BCUT2D eigenvalue weighted by molar-refractivity contribution is 0.158. The van der Waals surface area contributed by atoms with E-state index in [4.69, 9.17) is 17.0 Å². The number of ether oxygens (including phenoxy) is 1. The van der Waals surface area contributed by atoms with Crippen molar-refractivity contribution in [2.75, 3.05) is 36.5 Å². The largest absolute Gasteiger partial charge is 0.450 e. The summed E-state index contributed by atoms with van der Waals surface area (Å²) in [6, 6.07) is 13.5. The lowest BCUT2D eigenvalue weighted by Gasteiger charge is -2.26. The molecule has 30 heavy (non-hydrogen) atoms. The summed E-state index contributed by atoms with van der Waals surface area (Å²) in [5, 5.41) is 5.39. The molecule has 1 aliphatic rings. The second-order valence-corrected chi connectivity index (χ2v) is 9.54. The topological polar surface area (TPSA) is 101 Å². The third-order valence-electron chi connectivity index (χ3n) is 4.57. The molecule has 8 nitrogen and oxygen atoms in total. The Kier molecular flexibility index (Phi) is 7.35. The van der Waals surface area contributed by atoms with Gasteiger partial charge in [-0.15, -0.1) is 0 Å². The number of amides is 1. The summed E-state index contributed by atoms with van der Waals surface area (Å²) >= 11 is 5.09. The Morgan fingerprint density at radius 1 is 1.17 bits per heavy atom. The second kappa shape index (κ2) is 9.96. The third kappa shape index (κ3) is 6.48. The van der Waals surface area contributed by atoms with Gasteiger partial charge in [0.2, 0.25) is 0 Å². The Labute approximate surface area is 181 Å². The van der Waals surface area contributed by atoms with Crippen molar-refractivity contribution in [2.24, 2.45) is 0 Å². The number of nitrogens with one attached hydrogen (secondary N) is 2. The Hall–Kier alpha value is -2.56. The van der Waals surface area contributed by atoms with Gasteiger partial charge in [0.15, 0.2) is 14.9 Å². The first kappa shape index (κ1) is 22.1. The van der Waals surface area contributed by atoms with Crippen LogP contribution in [-0.2, 0) is 21.1 Å². The quantitative estimate of drug-likeness (QED) is 0.673. The highest BCUT2D eigenvalue weighted by molar-refractivity contribution is 7.91. The predicted molar refractivity (Wildman–Crippen MR) is 120 cm³/mol. The minimum Gasteiger partial charge on any atom is -0.450 e. The van der Waals surface area contributed by atoms with Crippen LogP contribution < -0.4 is 10.6 Å². The molecule has 0 saturated carbocycles. The summed E-state index contributed by atoms with van der Waals surface area (Å²) in [6.45, 7) is 3.83. The molecular weight excluding hydrogens is 424 g/mol. The Balaban J connectivity index is 1.60. The fourth-order valence-corrected chi connectivity index (χ4v) is 4.48. The number of pyridine rings is 1. The van der Waals surface area contributed by atoms with Crippen LogP contribution in [0.4, 0.5) is 10.6 Å². The van der Waals surface area contributed by atoms with Crippen molar-refractivity contribution in [3.8, 4) is 11.3 Å². The van der Waals surface area contributed by atoms with Crippen molar-refractivity contribution in [3.05, 3.63) is 48.0 Å². The van der Waals surface area contributed by atoms with E-state index in [1.807, 2.05) is 36.4 Å². The van der Waals surface area contributed by atoms with Gasteiger partial charge >= 0.3 is 6.09 Å². The van der Waals surface area contributed by atoms with Crippen molar-refractivity contribution in [2.45, 2.75) is 13.5 Å². The number of aromatic nitrogens is 1. The molecule has 2 aromatic rings. The summed E-state index contributed by atoms with van der Waals surface area (Å²) in [7, 11) is -2.87. The average Bonchev–Trinajstić information content (AvgIpc) is 2.70. The second-order valence-electron chi connectivity index (χ2n) is 6.83. The molecule has 2 N–H and O–H groups in total. The van der Waals surface area contributed by atoms with Crippen LogP contribution >= 0.6 is 12.2 Å². The van der Waals surface area contributed by atoms with Crippen LogP contribution in [0.2, 0.25) is 0 Å². The molecule has 3 rings (SSSR count). The van der Waals surface area contributed by atoms with Gasteiger partial charge in [-0.05, 0) is 36.8 Å². The molecule has 1 aromatic heterocycles. The maximum atomic E-state index is 11.6. The smallest absolute Gasteiger partial charge is 0.413 e. The van der Waals surface area contributed by atoms with Gasteiger partial charge in [0, 0.05) is 25.2 Å². The van der Waals surface area contributed by atoms with E-state index in [2.05, 4.69) is 20.5 Å². The van der Waals surface area contributed by atoms with Gasteiger partial charge in [-0.1, -0.05) is 30.3 Å². The van der Waals surface area contributed by atoms with Gasteiger partial charge in [-0.25, -0.2) is 18.2 Å². The van der Waals surface area contributed by atoms with Crippen LogP contribution in [0.1, 0.15) is 12.5 Å². The Morgan fingerprint density at radius 2 is 1.87 bits per heavy atom. The van der Waals surface area contributed by atoms with Gasteiger partial charge in [0.1, 0.15) is 5.82 Å². The highest BCUT2D eigenvalue weighted by Gasteiger charge is 2.21. The lowest BCUT2D eigenvalue weighted by atomic mass is 10.1. The zero-order valence-electron chi connectivity index (χ0n) is 16.6. The van der Waals surface area contributed by atoms with Gasteiger partial charge in [-0.3, -0.25) is 10.2 Å². The van der Waals surface area contributed by atoms with Crippen LogP contribution in [0.5, 0.6) is 0 Å². The summed E-state index contributed by atoms with van der Waals surface area (Å²) in [5.41, 5.74) is 2.81. The van der Waals surface area contributed by atoms with Crippen LogP contribution in [-0.4, -0.2) is 60.7 Å². The molecule has 1 aliphatic heterocycles. The first-order valence-corrected chi connectivity index (χ1v) is 11.8. The minimum atomic E-state index is -2.87. The summed E-state index contributed by atoms with van der Waals surface area (Å²) in [5.74, 6) is 0.955. The fourth-order valence-electron chi connectivity index (χ4n) is 3.02. The molecule has 10 heteroatoms. The standard InChI is InChI=1S/C20H24N4O4S2/c1-2-28-20(25)23-19(29)22-18-5-3-4-17(21-18)16-8-6-15(7-9-16)14-24-10-12-30(26,27)13-11-24/h3-9H,2,10-14H2,1H3,(H2,21,22,23,25,29). The SMILES string of the molecule is CCOC(=O)NC(=S)Nc1cccc(-c2ccc(CN3CCS(=O)(=O)CC3)cc2)n1. The zero-order valence-corrected chi connectivity index (χ0v) is 18.3. The number of carbonyl (C=O) groups excluding carboxylic acids is 1. The molecule has 1 aromatic carbocycles. The van der Waals surface area contributed by atoms with Crippen molar-refractivity contribution >= 4 is 39.1 Å². The summed E-state index contributed by atoms with van der Waals surface area (Å²) in [4.78, 5) is 18.1. The van der Waals surface area contributed by atoms with E-state index in [-0.39, 0.29) is 23.2 Å². The fraction of sp³-hybridized carbons (Fsp3) is 0.350. The van der Waals surface area contributed by atoms with Crippen LogP contribution in [0.15, 0.2) is 42.5 Å². The molecule has 2 heterocycles. The van der Waals surface area contributed by atoms with E-state index in [9.17, 15) is 13.2 Å². The van der Waals surface area contributed by atoms with E-state index in [0.717, 1.165) is 23.4 Å². The van der Waals surface area contributed by atoms with E-state index in [0.29, 0.717) is 18.9 Å². The lowest BCUT2D eigenvalue weighted by Crippen LogP contribution is -2.39. The van der Waals surface area contributed by atoms with Gasteiger partial charge < -0.3 is 10.1 Å². The maximum absolute atomic E-state index is 11.6. The van der Waals surface area contributed by atoms with E-state index >= 15 is 0 Å². The van der Waals surface area contributed by atoms with E-state index in [1.165, 1.54) is 0 Å². The summed E-state index contributed by atoms with van der Waals surface area (Å²) < 4.78 is 27.9. The summed E-state index contributed by atoms with van der Waals surface area (Å²) in [6.07, 6.45) is -0.618. The molecule has 0 aliphatic carbocycles. The van der Waals surface area contributed by atoms with E-state index < -0.39 is 15.9 Å². The number of benzene rings is 1. The highest BCUT2D eigenvalue weighted by atomic mass is 32.2. The molecule has 0 unspecified atom stereocenters. The molecule has 1 amide bonds. The van der Waals surface area contributed by atoms with Crippen molar-refractivity contribution in [1.29, 1.82) is 0 Å². The number of thiocarbonyl (C=S) groups is 1. The maximum Gasteiger partial charge on any atom is 0.413 e. The van der Waals surface area contributed by atoms with Crippen molar-refractivity contribution in [1.82, 2.24) is 15.2 Å². The molecule has 0 atom stereocenters. The molecule has 1 saturated heterocycles. The van der Waals surface area contributed by atoms with Crippen LogP contribution in [0.3, 0.4) is 0 Å². The zero-order chi connectivity index (χ0) is 21.6. The molecule has 0 spiro atoms. The molecule has 160 valence electrons. The average molecular weight is 449 g/mol. The predicted octanol–water partition coefficient (Wildman–Crippen LogP) is 2.42. The Bertz CT molecular complexity index is 996. The van der Waals surface area contributed by atoms with E-state index in [1.54, 1.807) is 13.0 Å². The normalized spacial score (nSPS) is 15.9. The minimum absolute atomic E-state index is 0.108. The first-order valence-electron chi connectivity index (χ1n) is 9.58. The number of rotatable bonds is 5. The Morgan fingerprint density at radius 3 is 2.53 bits per heavy atom. The van der Waals surface area contributed by atoms with Gasteiger partial charge in [0.05, 0.1) is 23.8 Å². The molecule has 0 bridgehead atoms. The monoisotopic (exact) mass is 448 g/mol. The number of hydrogen-bond donors (Lipinski definition) is 2. The number of carbonyl (C=O) groups is 1. The number of anilines is 1. The van der Waals surface area contributed by atoms with Crippen LogP contribution in [0.25, 0.3) is 11.3 Å². The van der Waals surface area contributed by atoms with Crippen LogP contribution in [0, 0.1) is 0 Å².